The van der Waals surface area contributed by atoms with E-state index in [1.54, 1.807) is 0 Å². The standard InChI is InChI=1S/C42H84O/c1-4-7-9-19-25-31-40(32-26-22-23-28-34-42(38-43)29-8-5-2)35-36-41-33-27-21-18-16-14-12-10-11-13-15-17-20-24-30-39(6-3)37-41/h39-43H,4-38H2,1-3H3/t39?,40-,41?,42?/m0/s1. The van der Waals surface area contributed by atoms with Gasteiger partial charge in [0.2, 0.25) is 0 Å². The highest BCUT2D eigenvalue weighted by molar-refractivity contribution is 4.71. The maximum Gasteiger partial charge on any atom is 0.0459 e. The van der Waals surface area contributed by atoms with Crippen LogP contribution in [0.15, 0.2) is 0 Å². The van der Waals surface area contributed by atoms with E-state index in [4.69, 9.17) is 0 Å². The average Bonchev–Trinajstić information content (AvgIpc) is 3.02. The van der Waals surface area contributed by atoms with Crippen LogP contribution < -0.4 is 0 Å². The third-order valence-electron chi connectivity index (χ3n) is 11.4. The summed E-state index contributed by atoms with van der Waals surface area (Å²) in [7, 11) is 0. The smallest absolute Gasteiger partial charge is 0.0459 e. The van der Waals surface area contributed by atoms with Crippen LogP contribution in [0, 0.1) is 23.7 Å². The topological polar surface area (TPSA) is 20.2 Å². The summed E-state index contributed by atoms with van der Waals surface area (Å²) in [5, 5.41) is 9.72. The molecule has 0 radical (unpaired) electrons. The second kappa shape index (κ2) is 31.9. The minimum atomic E-state index is 0.403. The Morgan fingerprint density at radius 2 is 0.860 bits per heavy atom. The fourth-order valence-electron chi connectivity index (χ4n) is 8.13. The number of unbranched alkanes of at least 4 members (excludes halogenated alkanes) is 8. The molecule has 0 spiro atoms. The SMILES string of the molecule is CCCCCCC[C@@H](CCCCCCC(CO)CCCC)CCC1CCCCCCCCCCCCCCCC(CC)C1. The predicted octanol–water partition coefficient (Wildman–Crippen LogP) is 14.8. The molecule has 1 N–H and O–H groups in total. The lowest BCUT2D eigenvalue weighted by atomic mass is 9.80. The van der Waals surface area contributed by atoms with Gasteiger partial charge in [0.1, 0.15) is 0 Å². The van der Waals surface area contributed by atoms with Crippen molar-refractivity contribution in [1.82, 2.24) is 0 Å². The van der Waals surface area contributed by atoms with Crippen molar-refractivity contribution in [2.45, 2.75) is 239 Å². The molecule has 0 aromatic heterocycles. The maximum absolute atomic E-state index is 9.72. The molecular weight excluding hydrogens is 520 g/mol. The molecule has 1 saturated carbocycles. The molecule has 43 heavy (non-hydrogen) atoms. The van der Waals surface area contributed by atoms with E-state index in [-0.39, 0.29) is 0 Å². The van der Waals surface area contributed by atoms with Crippen molar-refractivity contribution >= 4 is 0 Å². The molecular formula is C42H84O. The predicted molar refractivity (Wildman–Crippen MR) is 195 cm³/mol. The van der Waals surface area contributed by atoms with E-state index in [2.05, 4.69) is 20.8 Å². The summed E-state index contributed by atoms with van der Waals surface area (Å²) in [4.78, 5) is 0. The monoisotopic (exact) mass is 605 g/mol. The molecule has 1 heteroatoms. The zero-order valence-corrected chi connectivity index (χ0v) is 30.5. The van der Waals surface area contributed by atoms with Gasteiger partial charge in [-0.15, -0.1) is 0 Å². The molecule has 258 valence electrons. The molecule has 0 heterocycles. The van der Waals surface area contributed by atoms with Crippen molar-refractivity contribution in [2.75, 3.05) is 6.61 Å². The van der Waals surface area contributed by atoms with E-state index in [1.807, 2.05) is 0 Å². The highest BCUT2D eigenvalue weighted by atomic mass is 16.3. The van der Waals surface area contributed by atoms with Gasteiger partial charge in [0.25, 0.3) is 0 Å². The van der Waals surface area contributed by atoms with Gasteiger partial charge >= 0.3 is 0 Å². The van der Waals surface area contributed by atoms with Crippen LogP contribution in [0.1, 0.15) is 239 Å². The summed E-state index contributed by atoms with van der Waals surface area (Å²) in [5.74, 6) is 3.51. The van der Waals surface area contributed by atoms with Crippen LogP contribution in [0.3, 0.4) is 0 Å². The molecule has 1 rings (SSSR count). The molecule has 4 atom stereocenters. The largest absolute Gasteiger partial charge is 0.396 e. The van der Waals surface area contributed by atoms with Crippen molar-refractivity contribution in [2.24, 2.45) is 23.7 Å². The number of aliphatic hydroxyl groups excluding tert-OH is 1. The lowest BCUT2D eigenvalue weighted by Crippen LogP contribution is -2.12. The van der Waals surface area contributed by atoms with Crippen LogP contribution in [0.4, 0.5) is 0 Å². The molecule has 1 nitrogen and oxygen atoms in total. The minimum Gasteiger partial charge on any atom is -0.396 e. The van der Waals surface area contributed by atoms with Crippen LogP contribution in [-0.2, 0) is 0 Å². The summed E-state index contributed by atoms with van der Waals surface area (Å²) in [6.07, 6.45) is 49.1. The fraction of sp³-hybridized carbons (Fsp3) is 1.00. The number of hydrogen-bond acceptors (Lipinski definition) is 1. The zero-order chi connectivity index (χ0) is 31.1. The summed E-state index contributed by atoms with van der Waals surface area (Å²) >= 11 is 0. The van der Waals surface area contributed by atoms with Crippen LogP contribution in [-0.4, -0.2) is 11.7 Å². The highest BCUT2D eigenvalue weighted by Gasteiger charge is 2.18. The van der Waals surface area contributed by atoms with Gasteiger partial charge in [-0.3, -0.25) is 0 Å². The zero-order valence-electron chi connectivity index (χ0n) is 30.5. The van der Waals surface area contributed by atoms with Crippen molar-refractivity contribution in [3.05, 3.63) is 0 Å². The third-order valence-corrected chi connectivity index (χ3v) is 11.4. The van der Waals surface area contributed by atoms with Crippen LogP contribution in [0.5, 0.6) is 0 Å². The van der Waals surface area contributed by atoms with Gasteiger partial charge in [-0.2, -0.15) is 0 Å². The van der Waals surface area contributed by atoms with Crippen molar-refractivity contribution < 1.29 is 5.11 Å². The molecule has 0 aliphatic heterocycles. The first-order chi connectivity index (χ1) is 21.2. The molecule has 0 aromatic rings. The molecule has 1 aliphatic carbocycles. The van der Waals surface area contributed by atoms with Crippen molar-refractivity contribution in [1.29, 1.82) is 0 Å². The Morgan fingerprint density at radius 3 is 1.33 bits per heavy atom. The van der Waals surface area contributed by atoms with Crippen LogP contribution in [0.2, 0.25) is 0 Å². The van der Waals surface area contributed by atoms with Crippen molar-refractivity contribution in [3.8, 4) is 0 Å². The Kier molecular flexibility index (Phi) is 30.4. The first kappa shape index (κ1) is 41.0. The Morgan fingerprint density at radius 1 is 0.442 bits per heavy atom. The molecule has 1 fully saturated rings. The Bertz CT molecular complexity index is 529. The third kappa shape index (κ3) is 25.8. The van der Waals surface area contributed by atoms with E-state index < -0.39 is 0 Å². The van der Waals surface area contributed by atoms with Gasteiger partial charge < -0.3 is 5.11 Å². The number of aliphatic hydroxyl groups is 1. The fourth-order valence-corrected chi connectivity index (χ4v) is 8.13. The van der Waals surface area contributed by atoms with E-state index in [1.165, 1.54) is 218 Å². The van der Waals surface area contributed by atoms with Gasteiger partial charge in [-0.05, 0) is 42.9 Å². The van der Waals surface area contributed by atoms with Crippen LogP contribution >= 0.6 is 0 Å². The van der Waals surface area contributed by atoms with Gasteiger partial charge in [0, 0.05) is 6.61 Å². The first-order valence-corrected chi connectivity index (χ1v) is 20.8. The summed E-state index contributed by atoms with van der Waals surface area (Å²) in [5.41, 5.74) is 0. The molecule has 0 saturated heterocycles. The normalized spacial score (nSPS) is 22.0. The van der Waals surface area contributed by atoms with E-state index in [9.17, 15) is 5.11 Å². The average molecular weight is 605 g/mol. The van der Waals surface area contributed by atoms with Crippen LogP contribution in [0.25, 0.3) is 0 Å². The van der Waals surface area contributed by atoms with Gasteiger partial charge in [0.05, 0.1) is 0 Å². The van der Waals surface area contributed by atoms with E-state index >= 15 is 0 Å². The lowest BCUT2D eigenvalue weighted by Gasteiger charge is -2.26. The van der Waals surface area contributed by atoms with Crippen molar-refractivity contribution in [3.63, 3.8) is 0 Å². The van der Waals surface area contributed by atoms with Gasteiger partial charge in [-0.25, -0.2) is 0 Å². The number of rotatable bonds is 21. The van der Waals surface area contributed by atoms with E-state index in [0.717, 1.165) is 17.8 Å². The summed E-state index contributed by atoms with van der Waals surface area (Å²) in [6, 6.07) is 0. The van der Waals surface area contributed by atoms with E-state index in [0.29, 0.717) is 12.5 Å². The molecule has 0 aromatic carbocycles. The second-order valence-electron chi connectivity index (χ2n) is 15.4. The minimum absolute atomic E-state index is 0.403. The lowest BCUT2D eigenvalue weighted by molar-refractivity contribution is 0.204. The maximum atomic E-state index is 9.72. The summed E-state index contributed by atoms with van der Waals surface area (Å²) < 4.78 is 0. The Balaban J connectivity index is 2.58. The van der Waals surface area contributed by atoms with Gasteiger partial charge in [0.15, 0.2) is 0 Å². The Labute approximate surface area is 273 Å². The Hall–Kier alpha value is -0.0400. The highest BCUT2D eigenvalue weighted by Crippen LogP contribution is 2.32. The quantitative estimate of drug-likeness (QED) is 0.129. The molecule has 0 bridgehead atoms. The van der Waals surface area contributed by atoms with Gasteiger partial charge in [-0.1, -0.05) is 220 Å². The first-order valence-electron chi connectivity index (χ1n) is 20.8. The molecule has 1 aliphatic rings. The second-order valence-corrected chi connectivity index (χ2v) is 15.4. The molecule has 3 unspecified atom stereocenters. The molecule has 0 amide bonds. The number of hydrogen-bond donors (Lipinski definition) is 1. The summed E-state index contributed by atoms with van der Waals surface area (Å²) in [6.45, 7) is 7.50.